The van der Waals surface area contributed by atoms with E-state index < -0.39 is 9.84 Å². The zero-order valence-corrected chi connectivity index (χ0v) is 18.5. The maximum absolute atomic E-state index is 12.4. The van der Waals surface area contributed by atoms with E-state index in [1.807, 2.05) is 29.2 Å². The molecule has 1 amide bonds. The molecule has 4 rings (SSSR count). The van der Waals surface area contributed by atoms with Crippen molar-refractivity contribution >= 4 is 55.6 Å². The number of hydrogen-bond donors (Lipinski definition) is 1. The minimum Gasteiger partial charge on any atom is -0.495 e. The van der Waals surface area contributed by atoms with Crippen LogP contribution in [-0.2, 0) is 14.6 Å². The molecule has 1 saturated heterocycles. The first-order valence-electron chi connectivity index (χ1n) is 9.25. The lowest BCUT2D eigenvalue weighted by molar-refractivity contribution is -0.113. The number of halogens is 1. The number of hydrogen-bond acceptors (Lipinski definition) is 7. The topological polar surface area (TPSA) is 88.1 Å². The number of carbonyl (C=O) groups is 1. The largest absolute Gasteiger partial charge is 0.495 e. The molecule has 0 unspecified atom stereocenters. The number of amidine groups is 1. The van der Waals surface area contributed by atoms with E-state index in [1.54, 1.807) is 31.4 Å². The summed E-state index contributed by atoms with van der Waals surface area (Å²) < 4.78 is 29.8. The number of nitrogens with zero attached hydrogens (tertiary/aromatic N) is 2. The van der Waals surface area contributed by atoms with E-state index >= 15 is 0 Å². The summed E-state index contributed by atoms with van der Waals surface area (Å²) in [7, 11) is -1.59. The molecule has 2 aliphatic rings. The second-order valence-corrected chi connectivity index (χ2v) is 10.5. The number of methoxy groups -OCH3 is 1. The normalized spacial score (nSPS) is 21.8. The molecular weight excluding hydrogens is 446 g/mol. The van der Waals surface area contributed by atoms with Crippen LogP contribution in [0.25, 0.3) is 0 Å². The molecule has 2 aliphatic heterocycles. The van der Waals surface area contributed by atoms with Crippen molar-refractivity contribution in [3.63, 3.8) is 0 Å². The third kappa shape index (κ3) is 4.43. The quantitative estimate of drug-likeness (QED) is 0.730. The van der Waals surface area contributed by atoms with E-state index in [0.29, 0.717) is 21.6 Å². The maximum Gasteiger partial charge on any atom is 0.234 e. The van der Waals surface area contributed by atoms with Gasteiger partial charge in [0.15, 0.2) is 15.0 Å². The minimum absolute atomic E-state index is 0.0160. The van der Waals surface area contributed by atoms with Crippen LogP contribution in [0, 0.1) is 0 Å². The van der Waals surface area contributed by atoms with Crippen molar-refractivity contribution in [2.75, 3.05) is 34.6 Å². The summed E-state index contributed by atoms with van der Waals surface area (Å²) in [4.78, 5) is 19.0. The molecule has 1 N–H and O–H groups in total. The Kier molecular flexibility index (Phi) is 5.95. The Morgan fingerprint density at radius 2 is 2.07 bits per heavy atom. The van der Waals surface area contributed by atoms with Gasteiger partial charge in [0, 0.05) is 10.7 Å². The van der Waals surface area contributed by atoms with Gasteiger partial charge < -0.3 is 15.0 Å². The van der Waals surface area contributed by atoms with Gasteiger partial charge in [0.25, 0.3) is 0 Å². The van der Waals surface area contributed by atoms with Crippen LogP contribution in [0.2, 0.25) is 5.02 Å². The molecule has 1 fully saturated rings. The fourth-order valence-corrected chi connectivity index (χ4v) is 6.59. The molecule has 0 bridgehead atoms. The third-order valence-corrected chi connectivity index (χ3v) is 7.79. The Morgan fingerprint density at radius 1 is 1.27 bits per heavy atom. The minimum atomic E-state index is -3.16. The van der Waals surface area contributed by atoms with Crippen LogP contribution < -0.4 is 15.0 Å². The van der Waals surface area contributed by atoms with Gasteiger partial charge in [-0.15, -0.1) is 0 Å². The van der Waals surface area contributed by atoms with Crippen LogP contribution in [0.1, 0.15) is 0 Å². The van der Waals surface area contributed by atoms with E-state index in [9.17, 15) is 13.2 Å². The van der Waals surface area contributed by atoms with Crippen LogP contribution in [-0.4, -0.2) is 55.9 Å². The third-order valence-electron chi connectivity index (χ3n) is 4.89. The molecule has 0 spiro atoms. The molecule has 2 atom stereocenters. The first-order chi connectivity index (χ1) is 14.4. The van der Waals surface area contributed by atoms with Gasteiger partial charge in [-0.3, -0.25) is 9.79 Å². The van der Waals surface area contributed by atoms with Crippen molar-refractivity contribution in [3.8, 4) is 5.75 Å². The second kappa shape index (κ2) is 8.49. The van der Waals surface area contributed by atoms with Crippen LogP contribution >= 0.6 is 23.4 Å². The number of ether oxygens (including phenoxy) is 1. The van der Waals surface area contributed by atoms with E-state index in [-0.39, 0.29) is 35.2 Å². The molecule has 158 valence electrons. The van der Waals surface area contributed by atoms with Crippen LogP contribution in [0.15, 0.2) is 53.5 Å². The number of anilines is 2. The summed E-state index contributed by atoms with van der Waals surface area (Å²) in [5, 5.41) is 3.96. The molecule has 2 aromatic carbocycles. The van der Waals surface area contributed by atoms with Crippen molar-refractivity contribution < 1.29 is 17.9 Å². The lowest BCUT2D eigenvalue weighted by atomic mass is 10.1. The fraction of sp³-hybridized carbons (Fsp3) is 0.300. The lowest BCUT2D eigenvalue weighted by Gasteiger charge is -2.27. The molecular formula is C20H20ClN3O4S2. The number of thioether (sulfide) groups is 1. The second-order valence-electron chi connectivity index (χ2n) is 7.01. The van der Waals surface area contributed by atoms with Gasteiger partial charge in [-0.2, -0.15) is 0 Å². The molecule has 2 aromatic rings. The van der Waals surface area contributed by atoms with Crippen LogP contribution in [0.5, 0.6) is 5.75 Å². The number of carbonyl (C=O) groups excluding carboxylic acids is 1. The van der Waals surface area contributed by atoms with Gasteiger partial charge in [0.1, 0.15) is 5.75 Å². The monoisotopic (exact) mass is 465 g/mol. The van der Waals surface area contributed by atoms with Gasteiger partial charge >= 0.3 is 0 Å². The zero-order valence-electron chi connectivity index (χ0n) is 16.1. The van der Waals surface area contributed by atoms with Crippen molar-refractivity contribution in [2.24, 2.45) is 4.99 Å². The summed E-state index contributed by atoms with van der Waals surface area (Å²) in [6.07, 6.45) is 0. The summed E-state index contributed by atoms with van der Waals surface area (Å²) in [5.74, 6) is 0.595. The fourth-order valence-electron chi connectivity index (χ4n) is 3.64. The number of benzene rings is 2. The molecule has 0 saturated carbocycles. The van der Waals surface area contributed by atoms with Gasteiger partial charge in [-0.05, 0) is 30.3 Å². The molecule has 0 aromatic heterocycles. The van der Waals surface area contributed by atoms with Gasteiger partial charge in [0.2, 0.25) is 5.91 Å². The van der Waals surface area contributed by atoms with Gasteiger partial charge in [0.05, 0.1) is 42.1 Å². The summed E-state index contributed by atoms with van der Waals surface area (Å²) >= 11 is 7.23. The molecule has 2 heterocycles. The van der Waals surface area contributed by atoms with E-state index in [2.05, 4.69) is 10.3 Å². The number of fused-ring (bicyclic) bond motifs is 1. The Labute approximate surface area is 184 Å². The zero-order chi connectivity index (χ0) is 21.3. The SMILES string of the molecule is COc1ccccc1N1C(SCC(=O)Nc2cccc(Cl)c2)=N[C@H]2CS(=O)(=O)C[C@@H]21. The molecule has 0 radical (unpaired) electrons. The number of rotatable bonds is 5. The van der Waals surface area contributed by atoms with Crippen LogP contribution in [0.3, 0.4) is 0 Å². The first-order valence-corrected chi connectivity index (χ1v) is 12.4. The standard InChI is InChI=1S/C20H20ClN3O4S2/c1-28-18-8-3-2-7-16(18)24-17-12-30(26,27)11-15(17)23-20(24)29-10-19(25)22-14-6-4-5-13(21)9-14/h2-9,15,17H,10-12H2,1H3,(H,22,25)/t15-,17-/m0/s1. The number of nitrogens with one attached hydrogen (secondary N) is 1. The van der Waals surface area contributed by atoms with Crippen LogP contribution in [0.4, 0.5) is 11.4 Å². The van der Waals surface area contributed by atoms with E-state index in [4.69, 9.17) is 16.3 Å². The predicted molar refractivity (Wildman–Crippen MR) is 122 cm³/mol. The molecule has 0 aliphatic carbocycles. The smallest absolute Gasteiger partial charge is 0.234 e. The highest BCUT2D eigenvalue weighted by atomic mass is 35.5. The average Bonchev–Trinajstić information content (AvgIpc) is 3.17. The summed E-state index contributed by atoms with van der Waals surface area (Å²) in [5.41, 5.74) is 1.36. The molecule has 10 heteroatoms. The lowest BCUT2D eigenvalue weighted by Crippen LogP contribution is -2.39. The Hall–Kier alpha value is -2.23. The number of para-hydroxylation sites is 2. The predicted octanol–water partition coefficient (Wildman–Crippen LogP) is 3.06. The highest BCUT2D eigenvalue weighted by Crippen LogP contribution is 2.39. The van der Waals surface area contributed by atoms with E-state index in [1.165, 1.54) is 11.8 Å². The Balaban J connectivity index is 1.54. The number of sulfone groups is 1. The van der Waals surface area contributed by atoms with Crippen molar-refractivity contribution in [1.82, 2.24) is 0 Å². The highest BCUT2D eigenvalue weighted by Gasteiger charge is 2.47. The summed E-state index contributed by atoms with van der Waals surface area (Å²) in [6, 6.07) is 13.7. The highest BCUT2D eigenvalue weighted by molar-refractivity contribution is 8.14. The van der Waals surface area contributed by atoms with E-state index in [0.717, 1.165) is 5.69 Å². The average molecular weight is 466 g/mol. The van der Waals surface area contributed by atoms with Crippen molar-refractivity contribution in [1.29, 1.82) is 0 Å². The number of aliphatic imine (C=N–C) groups is 1. The van der Waals surface area contributed by atoms with Gasteiger partial charge in [-0.25, -0.2) is 8.42 Å². The summed E-state index contributed by atoms with van der Waals surface area (Å²) in [6.45, 7) is 0. The maximum atomic E-state index is 12.4. The molecule has 30 heavy (non-hydrogen) atoms. The Bertz CT molecular complexity index is 1110. The molecule has 7 nitrogen and oxygen atoms in total. The van der Waals surface area contributed by atoms with Crippen molar-refractivity contribution in [2.45, 2.75) is 12.1 Å². The Morgan fingerprint density at radius 3 is 2.83 bits per heavy atom. The van der Waals surface area contributed by atoms with Gasteiger partial charge in [-0.1, -0.05) is 41.6 Å². The van der Waals surface area contributed by atoms with Crippen molar-refractivity contribution in [3.05, 3.63) is 53.6 Å². The first kappa shape index (κ1) is 21.0. The number of amides is 1.